The number of rotatable bonds is 2. The number of fused-ring (bicyclic) bond motifs is 1. The molecule has 2 heterocycles. The van der Waals surface area contributed by atoms with E-state index in [9.17, 15) is 0 Å². The highest BCUT2D eigenvalue weighted by atomic mass is 15.2. The van der Waals surface area contributed by atoms with Crippen LogP contribution in [-0.2, 0) is 0 Å². The third-order valence-corrected chi connectivity index (χ3v) is 2.73. The zero-order chi connectivity index (χ0) is 11.7. The Balaban J connectivity index is 2.18. The molecular weight excluding hydrogens is 212 g/mol. The minimum atomic E-state index is 0.827. The molecule has 0 spiro atoms. The molecule has 3 rings (SSSR count). The number of pyridine rings is 1. The Labute approximate surface area is 98.9 Å². The van der Waals surface area contributed by atoms with E-state index in [1.807, 2.05) is 36.0 Å². The van der Waals surface area contributed by atoms with Gasteiger partial charge in [0.1, 0.15) is 0 Å². The van der Waals surface area contributed by atoms with E-state index in [1.54, 1.807) is 12.4 Å². The van der Waals surface area contributed by atoms with Gasteiger partial charge in [0.25, 0.3) is 0 Å². The van der Waals surface area contributed by atoms with Crippen molar-refractivity contribution in [2.45, 2.75) is 0 Å². The molecule has 0 unspecified atom stereocenters. The standard InChI is InChI=1S/C13H12N4/c1-14-13-16-7-8-17(13)11-4-5-12-10(9-11)3-2-6-15-12/h2-9H,1H3,(H,14,16). The maximum atomic E-state index is 4.31. The van der Waals surface area contributed by atoms with Gasteiger partial charge in [-0.05, 0) is 24.3 Å². The first-order valence-electron chi connectivity index (χ1n) is 5.45. The van der Waals surface area contributed by atoms with Crippen LogP contribution < -0.4 is 5.32 Å². The smallest absolute Gasteiger partial charge is 0.207 e. The summed E-state index contributed by atoms with van der Waals surface area (Å²) in [5.41, 5.74) is 2.08. The number of nitrogens with zero attached hydrogens (tertiary/aromatic N) is 3. The van der Waals surface area contributed by atoms with Crippen molar-refractivity contribution in [1.82, 2.24) is 14.5 Å². The second-order valence-electron chi connectivity index (χ2n) is 3.75. The van der Waals surface area contributed by atoms with Crippen LogP contribution in [0.2, 0.25) is 0 Å². The molecule has 0 atom stereocenters. The van der Waals surface area contributed by atoms with Crippen LogP contribution in [0, 0.1) is 0 Å². The Morgan fingerprint density at radius 1 is 1.12 bits per heavy atom. The van der Waals surface area contributed by atoms with Crippen LogP contribution in [0.15, 0.2) is 48.9 Å². The molecule has 0 saturated heterocycles. The van der Waals surface area contributed by atoms with E-state index in [0.717, 1.165) is 22.5 Å². The minimum Gasteiger partial charge on any atom is -0.358 e. The Kier molecular flexibility index (Phi) is 2.26. The molecule has 1 aromatic carbocycles. The number of hydrogen-bond donors (Lipinski definition) is 1. The van der Waals surface area contributed by atoms with Crippen molar-refractivity contribution in [3.05, 3.63) is 48.9 Å². The summed E-state index contributed by atoms with van der Waals surface area (Å²) in [6, 6.07) is 10.2. The second-order valence-corrected chi connectivity index (χ2v) is 3.75. The fourth-order valence-corrected chi connectivity index (χ4v) is 1.91. The third-order valence-electron chi connectivity index (χ3n) is 2.73. The summed E-state index contributed by atoms with van der Waals surface area (Å²) in [6.07, 6.45) is 5.51. The van der Waals surface area contributed by atoms with E-state index in [0.29, 0.717) is 0 Å². The Morgan fingerprint density at radius 2 is 2.06 bits per heavy atom. The highest BCUT2D eigenvalue weighted by molar-refractivity contribution is 5.80. The number of nitrogens with one attached hydrogen (secondary N) is 1. The minimum absolute atomic E-state index is 0.827. The van der Waals surface area contributed by atoms with E-state index >= 15 is 0 Å². The molecule has 0 saturated carbocycles. The molecule has 0 radical (unpaired) electrons. The SMILES string of the molecule is CNc1nccn1-c1ccc2ncccc2c1. The summed E-state index contributed by atoms with van der Waals surface area (Å²) in [7, 11) is 1.86. The molecule has 0 aliphatic heterocycles. The van der Waals surface area contributed by atoms with Gasteiger partial charge < -0.3 is 5.32 Å². The van der Waals surface area contributed by atoms with Gasteiger partial charge in [-0.15, -0.1) is 0 Å². The van der Waals surface area contributed by atoms with Gasteiger partial charge in [0, 0.05) is 36.7 Å². The molecule has 0 amide bonds. The maximum Gasteiger partial charge on any atom is 0.207 e. The molecular formula is C13H12N4. The summed E-state index contributed by atoms with van der Waals surface area (Å²) < 4.78 is 2.01. The number of anilines is 1. The van der Waals surface area contributed by atoms with Crippen molar-refractivity contribution >= 4 is 16.9 Å². The van der Waals surface area contributed by atoms with Crippen LogP contribution in [0.25, 0.3) is 16.6 Å². The second kappa shape index (κ2) is 3.90. The van der Waals surface area contributed by atoms with Crippen LogP contribution >= 0.6 is 0 Å². The van der Waals surface area contributed by atoms with Gasteiger partial charge in [-0.25, -0.2) is 4.98 Å². The fourth-order valence-electron chi connectivity index (χ4n) is 1.91. The van der Waals surface area contributed by atoms with Gasteiger partial charge in [-0.1, -0.05) is 6.07 Å². The van der Waals surface area contributed by atoms with Gasteiger partial charge in [0.05, 0.1) is 5.52 Å². The summed E-state index contributed by atoms with van der Waals surface area (Å²) in [6.45, 7) is 0. The molecule has 0 bridgehead atoms. The van der Waals surface area contributed by atoms with Crippen molar-refractivity contribution in [3.8, 4) is 5.69 Å². The predicted molar refractivity (Wildman–Crippen MR) is 68.4 cm³/mol. The lowest BCUT2D eigenvalue weighted by Gasteiger charge is -2.07. The van der Waals surface area contributed by atoms with E-state index < -0.39 is 0 Å². The summed E-state index contributed by atoms with van der Waals surface area (Å²) in [4.78, 5) is 8.53. The first kappa shape index (κ1) is 9.84. The monoisotopic (exact) mass is 224 g/mol. The summed E-state index contributed by atoms with van der Waals surface area (Å²) in [5, 5.41) is 4.18. The van der Waals surface area contributed by atoms with Crippen molar-refractivity contribution in [2.24, 2.45) is 0 Å². The van der Waals surface area contributed by atoms with Crippen LogP contribution in [0.3, 0.4) is 0 Å². The first-order valence-corrected chi connectivity index (χ1v) is 5.45. The fraction of sp³-hybridized carbons (Fsp3) is 0.0769. The molecule has 0 aliphatic carbocycles. The predicted octanol–water partition coefficient (Wildman–Crippen LogP) is 2.46. The van der Waals surface area contributed by atoms with Gasteiger partial charge >= 0.3 is 0 Å². The molecule has 0 aliphatic rings. The molecule has 84 valence electrons. The Morgan fingerprint density at radius 3 is 2.94 bits per heavy atom. The highest BCUT2D eigenvalue weighted by Gasteiger charge is 2.03. The van der Waals surface area contributed by atoms with Crippen LogP contribution in [-0.4, -0.2) is 21.6 Å². The molecule has 4 nitrogen and oxygen atoms in total. The number of aromatic nitrogens is 3. The van der Waals surface area contributed by atoms with Crippen LogP contribution in [0.1, 0.15) is 0 Å². The summed E-state index contributed by atoms with van der Waals surface area (Å²) >= 11 is 0. The molecule has 1 N–H and O–H groups in total. The van der Waals surface area contributed by atoms with Gasteiger partial charge in [-0.3, -0.25) is 9.55 Å². The molecule has 3 aromatic rings. The van der Waals surface area contributed by atoms with Crippen LogP contribution in [0.4, 0.5) is 5.95 Å². The zero-order valence-electron chi connectivity index (χ0n) is 9.46. The molecule has 0 fully saturated rings. The van der Waals surface area contributed by atoms with Gasteiger partial charge in [0.15, 0.2) is 0 Å². The zero-order valence-corrected chi connectivity index (χ0v) is 9.46. The quantitative estimate of drug-likeness (QED) is 0.727. The van der Waals surface area contributed by atoms with E-state index in [1.165, 1.54) is 0 Å². The average Bonchev–Trinajstić information content (AvgIpc) is 2.86. The van der Waals surface area contributed by atoms with E-state index in [4.69, 9.17) is 0 Å². The Hall–Kier alpha value is -2.36. The highest BCUT2D eigenvalue weighted by Crippen LogP contribution is 2.19. The molecule has 17 heavy (non-hydrogen) atoms. The van der Waals surface area contributed by atoms with E-state index in [2.05, 4.69) is 27.4 Å². The normalized spacial score (nSPS) is 10.6. The van der Waals surface area contributed by atoms with Crippen molar-refractivity contribution < 1.29 is 0 Å². The third kappa shape index (κ3) is 1.63. The lowest BCUT2D eigenvalue weighted by atomic mass is 10.2. The van der Waals surface area contributed by atoms with Crippen molar-refractivity contribution in [3.63, 3.8) is 0 Å². The number of imidazole rings is 1. The maximum absolute atomic E-state index is 4.31. The lowest BCUT2D eigenvalue weighted by Crippen LogP contribution is -2.00. The van der Waals surface area contributed by atoms with Crippen molar-refractivity contribution in [2.75, 3.05) is 12.4 Å². The average molecular weight is 224 g/mol. The molecule has 4 heteroatoms. The van der Waals surface area contributed by atoms with E-state index in [-0.39, 0.29) is 0 Å². The number of hydrogen-bond acceptors (Lipinski definition) is 3. The topological polar surface area (TPSA) is 42.7 Å². The number of benzene rings is 1. The van der Waals surface area contributed by atoms with Gasteiger partial charge in [-0.2, -0.15) is 0 Å². The first-order chi connectivity index (χ1) is 8.38. The van der Waals surface area contributed by atoms with Gasteiger partial charge in [0.2, 0.25) is 5.95 Å². The largest absolute Gasteiger partial charge is 0.358 e. The van der Waals surface area contributed by atoms with Crippen molar-refractivity contribution in [1.29, 1.82) is 0 Å². The Bertz CT molecular complexity index is 657. The molecule has 2 aromatic heterocycles. The lowest BCUT2D eigenvalue weighted by molar-refractivity contribution is 1.06. The van der Waals surface area contributed by atoms with Crippen LogP contribution in [0.5, 0.6) is 0 Å². The summed E-state index contributed by atoms with van der Waals surface area (Å²) in [5.74, 6) is 0.827.